The summed E-state index contributed by atoms with van der Waals surface area (Å²) in [6, 6.07) is 13.5. The average molecular weight is 417 g/mol. The first-order valence-electron chi connectivity index (χ1n) is 9.32. The lowest BCUT2D eigenvalue weighted by atomic mass is 10.2. The van der Waals surface area contributed by atoms with Gasteiger partial charge in [0.05, 0.1) is 11.8 Å². The van der Waals surface area contributed by atoms with Crippen molar-refractivity contribution in [3.8, 4) is 23.1 Å². The van der Waals surface area contributed by atoms with Gasteiger partial charge in [-0.3, -0.25) is 4.79 Å². The molecule has 0 aliphatic heterocycles. The predicted octanol–water partition coefficient (Wildman–Crippen LogP) is 4.82. The van der Waals surface area contributed by atoms with Crippen LogP contribution in [-0.4, -0.2) is 32.7 Å². The Balaban J connectivity index is 1.90. The number of rotatable bonds is 8. The lowest BCUT2D eigenvalue weighted by molar-refractivity contribution is -0.116. The first kappa shape index (κ1) is 20.8. The third-order valence-electron chi connectivity index (χ3n) is 3.94. The molecule has 1 aromatic heterocycles. The maximum Gasteiger partial charge on any atom is 0.336 e. The fourth-order valence-electron chi connectivity index (χ4n) is 2.69. The zero-order valence-electron chi connectivity index (χ0n) is 16.2. The van der Waals surface area contributed by atoms with E-state index < -0.39 is 0 Å². The van der Waals surface area contributed by atoms with Crippen LogP contribution in [0.3, 0.4) is 0 Å². The van der Waals surface area contributed by atoms with E-state index in [9.17, 15) is 9.18 Å². The summed E-state index contributed by atoms with van der Waals surface area (Å²) in [4.78, 5) is 16.3. The third kappa shape index (κ3) is 5.54. The summed E-state index contributed by atoms with van der Waals surface area (Å²) >= 11 is 5.62. The van der Waals surface area contributed by atoms with Crippen molar-refractivity contribution < 1.29 is 13.9 Å². The molecule has 0 saturated heterocycles. The first-order chi connectivity index (χ1) is 14.0. The molecule has 0 aliphatic carbocycles. The smallest absolute Gasteiger partial charge is 0.336 e. The first-order valence-corrected chi connectivity index (χ1v) is 9.85. The molecule has 0 radical (unpaired) electrons. The van der Waals surface area contributed by atoms with Crippen LogP contribution in [0.2, 0.25) is 0 Å². The molecule has 0 atom stereocenters. The normalized spacial score (nSPS) is 10.9. The number of amides is 1. The van der Waals surface area contributed by atoms with Crippen molar-refractivity contribution in [3.63, 3.8) is 0 Å². The second kappa shape index (κ2) is 9.52. The number of anilines is 1. The van der Waals surface area contributed by atoms with Crippen molar-refractivity contribution >= 4 is 23.2 Å². The highest BCUT2D eigenvalue weighted by Gasteiger charge is 2.16. The van der Waals surface area contributed by atoms with Crippen molar-refractivity contribution in [3.05, 3.63) is 54.3 Å². The van der Waals surface area contributed by atoms with E-state index in [0.29, 0.717) is 41.5 Å². The molecule has 0 saturated carbocycles. The number of ether oxygens (including phenoxy) is 1. The fourth-order valence-corrected chi connectivity index (χ4v) is 2.82. The van der Waals surface area contributed by atoms with Gasteiger partial charge in [0.15, 0.2) is 5.82 Å². The summed E-state index contributed by atoms with van der Waals surface area (Å²) in [7, 11) is 0. The van der Waals surface area contributed by atoms with Gasteiger partial charge in [-0.15, -0.1) is 16.7 Å². The maximum absolute atomic E-state index is 13.7. The largest absolute Gasteiger partial charge is 0.460 e. The Morgan fingerprint density at radius 3 is 2.66 bits per heavy atom. The van der Waals surface area contributed by atoms with Crippen molar-refractivity contribution in [1.29, 1.82) is 0 Å². The lowest BCUT2D eigenvalue weighted by Crippen LogP contribution is -2.11. The zero-order valence-corrected chi connectivity index (χ0v) is 17.0. The van der Waals surface area contributed by atoms with Gasteiger partial charge >= 0.3 is 6.01 Å². The molecule has 1 N–H and O–H groups in total. The second-order valence-electron chi connectivity index (χ2n) is 6.69. The SMILES string of the molecule is CC(C)Oc1nc(-c2cccc(F)c2)n(-c2ccc(NC(=O)CCCCl)cc2)n1. The molecule has 0 bridgehead atoms. The van der Waals surface area contributed by atoms with E-state index in [-0.39, 0.29) is 23.8 Å². The Kier molecular flexibility index (Phi) is 6.82. The minimum atomic E-state index is -0.363. The van der Waals surface area contributed by atoms with Crippen LogP contribution in [0.15, 0.2) is 48.5 Å². The molecular weight excluding hydrogens is 395 g/mol. The van der Waals surface area contributed by atoms with E-state index in [1.54, 1.807) is 41.1 Å². The standard InChI is InChI=1S/C21H22ClFN4O2/c1-14(2)29-21-25-20(15-5-3-6-16(23)13-15)27(26-21)18-10-8-17(9-11-18)24-19(28)7-4-12-22/h3,5-6,8-11,13-14H,4,7,12H2,1-2H3,(H,24,28). The highest BCUT2D eigenvalue weighted by atomic mass is 35.5. The molecule has 0 fully saturated rings. The molecule has 6 nitrogen and oxygen atoms in total. The summed E-state index contributed by atoms with van der Waals surface area (Å²) in [5.41, 5.74) is 1.95. The van der Waals surface area contributed by atoms with E-state index in [2.05, 4.69) is 15.4 Å². The van der Waals surface area contributed by atoms with E-state index >= 15 is 0 Å². The molecule has 2 aromatic carbocycles. The van der Waals surface area contributed by atoms with Crippen LogP contribution in [0.25, 0.3) is 17.1 Å². The molecule has 152 valence electrons. The Bertz CT molecular complexity index is 973. The van der Waals surface area contributed by atoms with E-state index in [4.69, 9.17) is 16.3 Å². The quantitative estimate of drug-likeness (QED) is 0.534. The minimum Gasteiger partial charge on any atom is -0.460 e. The summed E-state index contributed by atoms with van der Waals surface area (Å²) in [6.45, 7) is 3.76. The maximum atomic E-state index is 13.7. The fraction of sp³-hybridized carbons (Fsp3) is 0.286. The van der Waals surface area contributed by atoms with Gasteiger partial charge in [-0.05, 0) is 56.7 Å². The number of benzene rings is 2. The van der Waals surface area contributed by atoms with Crippen molar-refractivity contribution in [1.82, 2.24) is 14.8 Å². The van der Waals surface area contributed by atoms with Crippen LogP contribution in [0.1, 0.15) is 26.7 Å². The Morgan fingerprint density at radius 1 is 1.24 bits per heavy atom. The molecule has 0 spiro atoms. The van der Waals surface area contributed by atoms with Crippen LogP contribution in [0, 0.1) is 5.82 Å². The van der Waals surface area contributed by atoms with Gasteiger partial charge in [0, 0.05) is 23.6 Å². The van der Waals surface area contributed by atoms with Gasteiger partial charge in [-0.25, -0.2) is 9.07 Å². The molecule has 8 heteroatoms. The molecule has 3 aromatic rings. The van der Waals surface area contributed by atoms with E-state index in [1.165, 1.54) is 12.1 Å². The average Bonchev–Trinajstić information content (AvgIpc) is 3.10. The highest BCUT2D eigenvalue weighted by molar-refractivity contribution is 6.18. The number of nitrogens with one attached hydrogen (secondary N) is 1. The molecule has 3 rings (SSSR count). The lowest BCUT2D eigenvalue weighted by Gasteiger charge is -2.08. The number of carbonyl (C=O) groups excluding carboxylic acids is 1. The number of carbonyl (C=O) groups is 1. The highest BCUT2D eigenvalue weighted by Crippen LogP contribution is 2.25. The summed E-state index contributed by atoms with van der Waals surface area (Å²) in [5, 5.41) is 7.24. The Morgan fingerprint density at radius 2 is 2.00 bits per heavy atom. The Labute approximate surface area is 173 Å². The van der Waals surface area contributed by atoms with Crippen LogP contribution >= 0.6 is 11.6 Å². The van der Waals surface area contributed by atoms with Crippen LogP contribution in [0.4, 0.5) is 10.1 Å². The number of hydrogen-bond donors (Lipinski definition) is 1. The number of hydrogen-bond acceptors (Lipinski definition) is 4. The summed E-state index contributed by atoms with van der Waals surface area (Å²) < 4.78 is 20.9. The number of aromatic nitrogens is 3. The monoisotopic (exact) mass is 416 g/mol. The van der Waals surface area contributed by atoms with Gasteiger partial charge in [0.25, 0.3) is 0 Å². The Hall–Kier alpha value is -2.93. The molecule has 0 unspecified atom stereocenters. The minimum absolute atomic E-state index is 0.0905. The molecule has 1 heterocycles. The summed E-state index contributed by atoms with van der Waals surface area (Å²) in [6.07, 6.45) is 0.894. The van der Waals surface area contributed by atoms with Gasteiger partial charge in [-0.1, -0.05) is 12.1 Å². The van der Waals surface area contributed by atoms with Gasteiger partial charge < -0.3 is 10.1 Å². The zero-order chi connectivity index (χ0) is 20.8. The molecule has 0 aliphatic rings. The van der Waals surface area contributed by atoms with Crippen LogP contribution in [0.5, 0.6) is 6.01 Å². The predicted molar refractivity (Wildman–Crippen MR) is 111 cm³/mol. The van der Waals surface area contributed by atoms with Crippen molar-refractivity contribution in [2.45, 2.75) is 32.8 Å². The van der Waals surface area contributed by atoms with Crippen molar-refractivity contribution in [2.75, 3.05) is 11.2 Å². The number of halogens is 2. The molecule has 29 heavy (non-hydrogen) atoms. The number of alkyl halides is 1. The summed E-state index contributed by atoms with van der Waals surface area (Å²) in [5.74, 6) is 0.451. The molecule has 1 amide bonds. The van der Waals surface area contributed by atoms with Crippen molar-refractivity contribution in [2.24, 2.45) is 0 Å². The number of nitrogens with zero attached hydrogens (tertiary/aromatic N) is 3. The van der Waals surface area contributed by atoms with Gasteiger partial charge in [-0.2, -0.15) is 4.98 Å². The second-order valence-corrected chi connectivity index (χ2v) is 7.07. The topological polar surface area (TPSA) is 69.0 Å². The van der Waals surface area contributed by atoms with Gasteiger partial charge in [0.2, 0.25) is 5.91 Å². The van der Waals surface area contributed by atoms with E-state index in [0.717, 1.165) is 0 Å². The third-order valence-corrected chi connectivity index (χ3v) is 4.21. The molecular formula is C21H22ClFN4O2. The van der Waals surface area contributed by atoms with E-state index in [1.807, 2.05) is 13.8 Å². The van der Waals surface area contributed by atoms with Crippen LogP contribution in [-0.2, 0) is 4.79 Å². The van der Waals surface area contributed by atoms with Crippen LogP contribution < -0.4 is 10.1 Å². The van der Waals surface area contributed by atoms with Gasteiger partial charge in [0.1, 0.15) is 5.82 Å².